The molecule has 0 radical (unpaired) electrons. The first kappa shape index (κ1) is 10.7. The molecule has 3 nitrogen and oxygen atoms in total. The monoisotopic (exact) mass is 305 g/mol. The fourth-order valence-corrected chi connectivity index (χ4v) is 1.85. The number of alkyl halides is 3. The van der Waals surface area contributed by atoms with E-state index in [9.17, 15) is 13.2 Å². The third kappa shape index (κ3) is 2.12. The van der Waals surface area contributed by atoms with Crippen LogP contribution in [0.15, 0.2) is 0 Å². The molecule has 0 bridgehead atoms. The molecule has 1 aromatic rings. The highest BCUT2D eigenvalue weighted by Gasteiger charge is 2.38. The molecule has 0 fully saturated rings. The van der Waals surface area contributed by atoms with E-state index in [4.69, 9.17) is 0 Å². The van der Waals surface area contributed by atoms with Crippen molar-refractivity contribution in [1.29, 1.82) is 0 Å². The first-order valence-electron chi connectivity index (χ1n) is 3.52. The summed E-state index contributed by atoms with van der Waals surface area (Å²) >= 11 is 1.59. The molecule has 0 aromatic carbocycles. The van der Waals surface area contributed by atoms with Crippen molar-refractivity contribution in [2.75, 3.05) is 0 Å². The van der Waals surface area contributed by atoms with E-state index in [1.165, 1.54) is 4.68 Å². The minimum Gasteiger partial charge on any atom is -0.236 e. The Labute approximate surface area is 86.4 Å². The van der Waals surface area contributed by atoms with Gasteiger partial charge in [-0.3, -0.25) is 0 Å². The molecule has 13 heavy (non-hydrogen) atoms. The second-order valence-electron chi connectivity index (χ2n) is 2.76. The fourth-order valence-electron chi connectivity index (χ4n) is 0.786. The zero-order valence-electron chi connectivity index (χ0n) is 6.93. The van der Waals surface area contributed by atoms with Gasteiger partial charge in [0.25, 0.3) is 0 Å². The van der Waals surface area contributed by atoms with Gasteiger partial charge in [-0.25, -0.2) is 4.68 Å². The van der Waals surface area contributed by atoms with Crippen LogP contribution in [-0.2, 0) is 6.18 Å². The van der Waals surface area contributed by atoms with Crippen molar-refractivity contribution in [2.45, 2.75) is 26.1 Å². The Morgan fingerprint density at radius 3 is 2.15 bits per heavy atom. The Hall–Kier alpha value is -0.340. The van der Waals surface area contributed by atoms with E-state index >= 15 is 0 Å². The third-order valence-corrected chi connectivity index (χ3v) is 2.40. The Morgan fingerprint density at radius 2 is 1.92 bits per heavy atom. The van der Waals surface area contributed by atoms with E-state index in [2.05, 4.69) is 10.3 Å². The Balaban J connectivity index is 3.14. The lowest BCUT2D eigenvalue weighted by molar-refractivity contribution is -0.142. The summed E-state index contributed by atoms with van der Waals surface area (Å²) in [6.07, 6.45) is -4.41. The predicted octanol–water partition coefficient (Wildman–Crippen LogP) is 2.48. The molecular weight excluding hydrogens is 298 g/mol. The van der Waals surface area contributed by atoms with Crippen molar-refractivity contribution in [2.24, 2.45) is 0 Å². The molecule has 0 unspecified atom stereocenters. The number of rotatable bonds is 1. The molecule has 0 aliphatic rings. The molecule has 0 aliphatic carbocycles. The lowest BCUT2D eigenvalue weighted by Gasteiger charge is -2.06. The molecule has 0 saturated heterocycles. The lowest BCUT2D eigenvalue weighted by atomic mass is 10.4. The summed E-state index contributed by atoms with van der Waals surface area (Å²) in [6.45, 7) is 3.49. The topological polar surface area (TPSA) is 30.7 Å². The summed E-state index contributed by atoms with van der Waals surface area (Å²) in [6, 6.07) is -0.115. The number of aromatic nitrogens is 3. The van der Waals surface area contributed by atoms with Crippen molar-refractivity contribution >= 4 is 22.6 Å². The number of nitrogens with zero attached hydrogens (tertiary/aromatic N) is 3. The van der Waals surface area contributed by atoms with E-state index in [1.807, 2.05) is 0 Å². The van der Waals surface area contributed by atoms with Crippen LogP contribution in [0.25, 0.3) is 0 Å². The SMILES string of the molecule is CC(C)n1nnc(C(F)(F)F)c1I. The third-order valence-electron chi connectivity index (χ3n) is 1.40. The van der Waals surface area contributed by atoms with Crippen molar-refractivity contribution < 1.29 is 13.2 Å². The van der Waals surface area contributed by atoms with Gasteiger partial charge in [-0.2, -0.15) is 13.2 Å². The van der Waals surface area contributed by atoms with Crippen molar-refractivity contribution in [3.05, 3.63) is 9.39 Å². The smallest absolute Gasteiger partial charge is 0.236 e. The number of hydrogen-bond donors (Lipinski definition) is 0. The van der Waals surface area contributed by atoms with Crippen LogP contribution in [0.3, 0.4) is 0 Å². The Bertz CT molecular complexity index is 305. The molecule has 0 atom stereocenters. The average Bonchev–Trinajstić information content (AvgIpc) is 2.28. The standard InChI is InChI=1S/C6H7F3IN3/c1-3(2)13-5(10)4(11-12-13)6(7,8)9/h3H,1-2H3. The Morgan fingerprint density at radius 1 is 1.38 bits per heavy atom. The van der Waals surface area contributed by atoms with Crippen LogP contribution in [0.5, 0.6) is 0 Å². The van der Waals surface area contributed by atoms with Crippen LogP contribution in [-0.4, -0.2) is 15.0 Å². The summed E-state index contributed by atoms with van der Waals surface area (Å²) in [5.41, 5.74) is -0.915. The fraction of sp³-hybridized carbons (Fsp3) is 0.667. The lowest BCUT2D eigenvalue weighted by Crippen LogP contribution is -2.10. The maximum Gasteiger partial charge on any atom is 0.437 e. The van der Waals surface area contributed by atoms with Gasteiger partial charge in [-0.15, -0.1) is 5.10 Å². The quantitative estimate of drug-likeness (QED) is 0.746. The zero-order chi connectivity index (χ0) is 10.2. The summed E-state index contributed by atoms with van der Waals surface area (Å²) in [4.78, 5) is 0. The van der Waals surface area contributed by atoms with Crippen LogP contribution < -0.4 is 0 Å². The van der Waals surface area contributed by atoms with E-state index in [1.54, 1.807) is 36.4 Å². The highest BCUT2D eigenvalue weighted by molar-refractivity contribution is 14.1. The molecule has 0 amide bonds. The van der Waals surface area contributed by atoms with E-state index in [0.29, 0.717) is 0 Å². The first-order valence-corrected chi connectivity index (χ1v) is 4.59. The average molecular weight is 305 g/mol. The van der Waals surface area contributed by atoms with Crippen LogP contribution in [0.1, 0.15) is 25.6 Å². The summed E-state index contributed by atoms with van der Waals surface area (Å²) in [5.74, 6) is 0. The maximum absolute atomic E-state index is 12.2. The molecule has 7 heteroatoms. The van der Waals surface area contributed by atoms with Gasteiger partial charge in [0.2, 0.25) is 0 Å². The molecule has 74 valence electrons. The maximum atomic E-state index is 12.2. The van der Waals surface area contributed by atoms with Gasteiger partial charge in [-0.05, 0) is 36.4 Å². The molecule has 1 rings (SSSR count). The molecule has 1 aromatic heterocycles. The molecular formula is C6H7F3IN3. The largest absolute Gasteiger partial charge is 0.437 e. The van der Waals surface area contributed by atoms with Gasteiger partial charge < -0.3 is 0 Å². The zero-order valence-corrected chi connectivity index (χ0v) is 9.09. The van der Waals surface area contributed by atoms with E-state index < -0.39 is 11.9 Å². The van der Waals surface area contributed by atoms with Crippen LogP contribution in [0.4, 0.5) is 13.2 Å². The normalized spacial score (nSPS) is 12.5. The van der Waals surface area contributed by atoms with Gasteiger partial charge >= 0.3 is 6.18 Å². The van der Waals surface area contributed by atoms with Crippen molar-refractivity contribution in [1.82, 2.24) is 15.0 Å². The molecule has 0 N–H and O–H groups in total. The minimum absolute atomic E-state index is 0.0279. The summed E-state index contributed by atoms with van der Waals surface area (Å²) < 4.78 is 37.9. The molecule has 0 spiro atoms. The van der Waals surface area contributed by atoms with Crippen LogP contribution in [0.2, 0.25) is 0 Å². The highest BCUT2D eigenvalue weighted by Crippen LogP contribution is 2.31. The molecule has 0 saturated carbocycles. The number of halogens is 4. The van der Waals surface area contributed by atoms with E-state index in [-0.39, 0.29) is 9.74 Å². The van der Waals surface area contributed by atoms with Gasteiger partial charge in [-0.1, -0.05) is 5.21 Å². The second-order valence-corrected chi connectivity index (χ2v) is 3.79. The number of hydrogen-bond acceptors (Lipinski definition) is 2. The molecule has 1 heterocycles. The van der Waals surface area contributed by atoms with Gasteiger partial charge in [0.15, 0.2) is 5.69 Å². The van der Waals surface area contributed by atoms with Crippen molar-refractivity contribution in [3.8, 4) is 0 Å². The Kier molecular flexibility index (Phi) is 2.83. The van der Waals surface area contributed by atoms with Gasteiger partial charge in [0.1, 0.15) is 3.70 Å². The minimum atomic E-state index is -4.41. The summed E-state index contributed by atoms with van der Waals surface area (Å²) in [7, 11) is 0. The summed E-state index contributed by atoms with van der Waals surface area (Å²) in [5, 5.41) is 6.51. The van der Waals surface area contributed by atoms with Crippen molar-refractivity contribution in [3.63, 3.8) is 0 Å². The highest BCUT2D eigenvalue weighted by atomic mass is 127. The van der Waals surface area contributed by atoms with Gasteiger partial charge in [0.05, 0.1) is 0 Å². The first-order chi connectivity index (χ1) is 5.84. The predicted molar refractivity (Wildman–Crippen MR) is 48.1 cm³/mol. The van der Waals surface area contributed by atoms with Crippen LogP contribution >= 0.6 is 22.6 Å². The second kappa shape index (κ2) is 3.43. The van der Waals surface area contributed by atoms with Gasteiger partial charge in [0, 0.05) is 6.04 Å². The van der Waals surface area contributed by atoms with Crippen LogP contribution in [0, 0.1) is 3.70 Å². The van der Waals surface area contributed by atoms with E-state index in [0.717, 1.165) is 0 Å². The molecule has 0 aliphatic heterocycles.